The predicted octanol–water partition coefficient (Wildman–Crippen LogP) is 0.593. The van der Waals surface area contributed by atoms with Gasteiger partial charge in [0, 0.05) is 17.8 Å². The molecule has 1 aromatic rings. The molecule has 0 aliphatic heterocycles. The number of aliphatic carboxylic acids is 1. The van der Waals surface area contributed by atoms with Gasteiger partial charge in [-0.3, -0.25) is 0 Å². The van der Waals surface area contributed by atoms with Crippen molar-refractivity contribution in [2.24, 2.45) is 0 Å². The van der Waals surface area contributed by atoms with Gasteiger partial charge in [0.05, 0.1) is 5.56 Å². The molecule has 0 heterocycles. The second-order valence-corrected chi connectivity index (χ2v) is 2.97. The number of ether oxygens (including phenoxy) is 1. The molecule has 17 heavy (non-hydrogen) atoms. The maximum Gasteiger partial charge on any atom is 0.348 e. The number of carboxylic acids is 1. The number of para-hydroxylation sites is 1. The van der Waals surface area contributed by atoms with Gasteiger partial charge in [-0.1, -0.05) is 12.1 Å². The summed E-state index contributed by atoms with van der Waals surface area (Å²) in [6, 6.07) is 6.06. The zero-order chi connectivity index (χ0) is 12.8. The zero-order valence-electron chi connectivity index (χ0n) is 8.62. The monoisotopic (exact) mass is 235 g/mol. The first-order valence-electron chi connectivity index (χ1n) is 4.52. The zero-order valence-corrected chi connectivity index (χ0v) is 8.62. The molecule has 0 bridgehead atoms. The van der Waals surface area contributed by atoms with Crippen molar-refractivity contribution in [2.75, 3.05) is 5.73 Å². The topological polar surface area (TPSA) is 107 Å². The summed E-state index contributed by atoms with van der Waals surface area (Å²) in [6.07, 6.45) is 1.21. The number of carbonyl (C=O) groups is 3. The lowest BCUT2D eigenvalue weighted by molar-refractivity contribution is -0.134. The van der Waals surface area contributed by atoms with Gasteiger partial charge in [-0.15, -0.1) is 0 Å². The van der Waals surface area contributed by atoms with Crippen molar-refractivity contribution in [3.63, 3.8) is 0 Å². The van der Waals surface area contributed by atoms with Crippen molar-refractivity contribution < 1.29 is 24.2 Å². The number of benzene rings is 1. The Balaban J connectivity index is 2.71. The third-order valence-electron chi connectivity index (χ3n) is 1.74. The molecule has 0 saturated carbocycles. The lowest BCUT2D eigenvalue weighted by atomic mass is 10.2. The minimum Gasteiger partial charge on any atom is -0.478 e. The van der Waals surface area contributed by atoms with Gasteiger partial charge < -0.3 is 15.6 Å². The van der Waals surface area contributed by atoms with Crippen LogP contribution >= 0.6 is 0 Å². The largest absolute Gasteiger partial charge is 0.478 e. The highest BCUT2D eigenvalue weighted by Gasteiger charge is 2.13. The fourth-order valence-electron chi connectivity index (χ4n) is 1.00. The lowest BCUT2D eigenvalue weighted by Crippen LogP contribution is -2.12. The number of hydrogen-bond acceptors (Lipinski definition) is 5. The standard InChI is InChI=1S/C11H9NO5/c12-8-4-2-1-3-7(8)11(16)17-10(15)6-5-9(13)14/h1-6H,12H2,(H,13,14)/b6-5-. The highest BCUT2D eigenvalue weighted by atomic mass is 16.6. The molecule has 0 spiro atoms. The van der Waals surface area contributed by atoms with E-state index in [1.807, 2.05) is 0 Å². The van der Waals surface area contributed by atoms with E-state index >= 15 is 0 Å². The van der Waals surface area contributed by atoms with E-state index in [-0.39, 0.29) is 11.3 Å². The Kier molecular flexibility index (Phi) is 3.99. The van der Waals surface area contributed by atoms with Crippen LogP contribution in [0.3, 0.4) is 0 Å². The Morgan fingerprint density at radius 2 is 1.82 bits per heavy atom. The molecule has 0 aromatic heterocycles. The summed E-state index contributed by atoms with van der Waals surface area (Å²) in [5.41, 5.74) is 5.71. The quantitative estimate of drug-likeness (QED) is 0.343. The van der Waals surface area contributed by atoms with Crippen LogP contribution in [-0.2, 0) is 14.3 Å². The van der Waals surface area contributed by atoms with Crippen molar-refractivity contribution in [3.8, 4) is 0 Å². The van der Waals surface area contributed by atoms with Crippen LogP contribution in [0.25, 0.3) is 0 Å². The average Bonchev–Trinajstić information content (AvgIpc) is 2.26. The maximum absolute atomic E-state index is 11.4. The van der Waals surface area contributed by atoms with Gasteiger partial charge >= 0.3 is 17.9 Å². The molecule has 0 aliphatic rings. The van der Waals surface area contributed by atoms with E-state index < -0.39 is 17.9 Å². The molecule has 0 aliphatic carbocycles. The summed E-state index contributed by atoms with van der Waals surface area (Å²) in [6.45, 7) is 0. The fourth-order valence-corrected chi connectivity index (χ4v) is 1.00. The van der Waals surface area contributed by atoms with Crippen LogP contribution in [0.2, 0.25) is 0 Å². The van der Waals surface area contributed by atoms with Crippen LogP contribution in [0.15, 0.2) is 36.4 Å². The van der Waals surface area contributed by atoms with Gasteiger partial charge in [0.25, 0.3) is 0 Å². The normalized spacial score (nSPS) is 10.1. The number of esters is 2. The number of carbonyl (C=O) groups excluding carboxylic acids is 2. The summed E-state index contributed by atoms with van der Waals surface area (Å²) in [5, 5.41) is 8.26. The van der Waals surface area contributed by atoms with Crippen LogP contribution in [0.4, 0.5) is 5.69 Å². The third kappa shape index (κ3) is 3.78. The molecule has 0 fully saturated rings. The van der Waals surface area contributed by atoms with Crippen molar-refractivity contribution in [3.05, 3.63) is 42.0 Å². The van der Waals surface area contributed by atoms with Crippen LogP contribution in [0, 0.1) is 0 Å². The highest BCUT2D eigenvalue weighted by molar-refractivity contribution is 6.03. The second kappa shape index (κ2) is 5.45. The van der Waals surface area contributed by atoms with E-state index in [2.05, 4.69) is 4.74 Å². The Hall–Kier alpha value is -2.63. The summed E-state index contributed by atoms with van der Waals surface area (Å²) >= 11 is 0. The second-order valence-electron chi connectivity index (χ2n) is 2.97. The molecule has 1 rings (SSSR count). The van der Waals surface area contributed by atoms with E-state index in [1.54, 1.807) is 12.1 Å². The molecule has 0 saturated heterocycles. The van der Waals surface area contributed by atoms with Crippen molar-refractivity contribution in [2.45, 2.75) is 0 Å². The molecular formula is C11H9NO5. The molecule has 6 nitrogen and oxygen atoms in total. The van der Waals surface area contributed by atoms with Gasteiger partial charge in [0.2, 0.25) is 0 Å². The molecule has 0 unspecified atom stereocenters. The lowest BCUT2D eigenvalue weighted by Gasteiger charge is -2.02. The summed E-state index contributed by atoms with van der Waals surface area (Å²) < 4.78 is 4.36. The first-order chi connectivity index (χ1) is 8.00. The Bertz CT molecular complexity index is 492. The molecule has 88 valence electrons. The van der Waals surface area contributed by atoms with Crippen molar-refractivity contribution in [1.29, 1.82) is 0 Å². The van der Waals surface area contributed by atoms with Crippen LogP contribution in [0.1, 0.15) is 10.4 Å². The molecular weight excluding hydrogens is 226 g/mol. The Labute approximate surface area is 96.3 Å². The predicted molar refractivity (Wildman–Crippen MR) is 58.1 cm³/mol. The first kappa shape index (κ1) is 12.4. The number of hydrogen-bond donors (Lipinski definition) is 2. The van der Waals surface area contributed by atoms with Crippen LogP contribution in [-0.4, -0.2) is 23.0 Å². The van der Waals surface area contributed by atoms with Crippen LogP contribution < -0.4 is 5.73 Å². The Morgan fingerprint density at radius 1 is 1.18 bits per heavy atom. The average molecular weight is 235 g/mol. The van der Waals surface area contributed by atoms with Gasteiger partial charge in [-0.05, 0) is 12.1 Å². The van der Waals surface area contributed by atoms with E-state index in [0.29, 0.717) is 12.2 Å². The minimum absolute atomic E-state index is 0.0459. The molecule has 1 aromatic carbocycles. The first-order valence-corrected chi connectivity index (χ1v) is 4.52. The van der Waals surface area contributed by atoms with Crippen molar-refractivity contribution >= 4 is 23.6 Å². The maximum atomic E-state index is 11.4. The number of carboxylic acid groups (broad SMARTS) is 1. The summed E-state index contributed by atoms with van der Waals surface area (Å²) in [5.74, 6) is -3.31. The van der Waals surface area contributed by atoms with Gasteiger partial charge in [0.15, 0.2) is 0 Å². The fraction of sp³-hybridized carbons (Fsp3) is 0. The molecule has 3 N–H and O–H groups in total. The van der Waals surface area contributed by atoms with E-state index in [4.69, 9.17) is 10.8 Å². The Morgan fingerprint density at radius 3 is 2.41 bits per heavy atom. The van der Waals surface area contributed by atoms with Gasteiger partial charge in [-0.2, -0.15) is 0 Å². The van der Waals surface area contributed by atoms with E-state index in [1.165, 1.54) is 12.1 Å². The van der Waals surface area contributed by atoms with Crippen molar-refractivity contribution in [1.82, 2.24) is 0 Å². The SMILES string of the molecule is Nc1ccccc1C(=O)OC(=O)/C=C\C(=O)O. The van der Waals surface area contributed by atoms with Crippen LogP contribution in [0.5, 0.6) is 0 Å². The number of nitrogen functional groups attached to an aromatic ring is 1. The molecule has 0 atom stereocenters. The summed E-state index contributed by atoms with van der Waals surface area (Å²) in [7, 11) is 0. The molecule has 0 radical (unpaired) electrons. The van der Waals surface area contributed by atoms with E-state index in [0.717, 1.165) is 0 Å². The summed E-state index contributed by atoms with van der Waals surface area (Å²) in [4.78, 5) is 32.5. The van der Waals surface area contributed by atoms with E-state index in [9.17, 15) is 14.4 Å². The molecule has 6 heteroatoms. The number of rotatable bonds is 3. The highest BCUT2D eigenvalue weighted by Crippen LogP contribution is 2.11. The number of nitrogens with two attached hydrogens (primary N) is 1. The smallest absolute Gasteiger partial charge is 0.348 e. The van der Waals surface area contributed by atoms with Gasteiger partial charge in [-0.25, -0.2) is 14.4 Å². The molecule has 0 amide bonds. The number of anilines is 1. The van der Waals surface area contributed by atoms with Gasteiger partial charge in [0.1, 0.15) is 0 Å². The minimum atomic E-state index is -1.31. The third-order valence-corrected chi connectivity index (χ3v) is 1.74.